The standard InChI is InChI=1S/C14H24N2O6/c1-11(5-17)7-21-9(19)13(3,15-11)14(4)10(20)22-8-12(2,6-18)16-14/h15-18H,5-8H2,1-4H3. The second-order valence-electron chi connectivity index (χ2n) is 7.09. The highest BCUT2D eigenvalue weighted by atomic mass is 16.6. The molecule has 0 saturated carbocycles. The summed E-state index contributed by atoms with van der Waals surface area (Å²) in [5.74, 6) is -1.24. The summed E-state index contributed by atoms with van der Waals surface area (Å²) in [6, 6.07) is 0. The summed E-state index contributed by atoms with van der Waals surface area (Å²) < 4.78 is 10.4. The van der Waals surface area contributed by atoms with Crippen LogP contribution in [0.1, 0.15) is 27.7 Å². The number of ether oxygens (including phenoxy) is 2. The predicted octanol–water partition coefficient (Wildman–Crippen LogP) is -1.70. The summed E-state index contributed by atoms with van der Waals surface area (Å²) in [6.07, 6.45) is 0. The number of nitrogens with one attached hydrogen (secondary N) is 2. The van der Waals surface area contributed by atoms with Gasteiger partial charge in [0.15, 0.2) is 0 Å². The molecule has 0 aromatic carbocycles. The molecule has 2 aliphatic heterocycles. The van der Waals surface area contributed by atoms with Gasteiger partial charge >= 0.3 is 11.9 Å². The van der Waals surface area contributed by atoms with E-state index >= 15 is 0 Å². The van der Waals surface area contributed by atoms with Gasteiger partial charge in [-0.2, -0.15) is 0 Å². The molecule has 0 bridgehead atoms. The van der Waals surface area contributed by atoms with E-state index in [9.17, 15) is 19.8 Å². The average Bonchev–Trinajstić information content (AvgIpc) is 2.48. The summed E-state index contributed by atoms with van der Waals surface area (Å²) in [5, 5.41) is 25.1. The van der Waals surface area contributed by atoms with Gasteiger partial charge in [0, 0.05) is 0 Å². The number of aliphatic hydroxyl groups is 2. The van der Waals surface area contributed by atoms with Crippen molar-refractivity contribution in [3.63, 3.8) is 0 Å². The number of carbonyl (C=O) groups is 2. The quantitative estimate of drug-likeness (QED) is 0.455. The van der Waals surface area contributed by atoms with E-state index in [1.165, 1.54) is 13.8 Å². The number of hydrogen-bond donors (Lipinski definition) is 4. The summed E-state index contributed by atoms with van der Waals surface area (Å²) in [4.78, 5) is 24.8. The minimum Gasteiger partial charge on any atom is -0.462 e. The molecule has 0 aliphatic carbocycles. The van der Waals surface area contributed by atoms with Gasteiger partial charge in [-0.3, -0.25) is 10.6 Å². The Morgan fingerprint density at radius 3 is 1.45 bits per heavy atom. The van der Waals surface area contributed by atoms with Crippen LogP contribution in [0.4, 0.5) is 0 Å². The van der Waals surface area contributed by atoms with Crippen LogP contribution in [0.3, 0.4) is 0 Å². The van der Waals surface area contributed by atoms with Crippen LogP contribution in [0.15, 0.2) is 0 Å². The van der Waals surface area contributed by atoms with Crippen molar-refractivity contribution in [3.05, 3.63) is 0 Å². The predicted molar refractivity (Wildman–Crippen MR) is 76.0 cm³/mol. The third-order valence-electron chi connectivity index (χ3n) is 4.66. The van der Waals surface area contributed by atoms with E-state index in [4.69, 9.17) is 9.47 Å². The van der Waals surface area contributed by atoms with Gasteiger partial charge < -0.3 is 19.7 Å². The van der Waals surface area contributed by atoms with Crippen LogP contribution < -0.4 is 10.6 Å². The first kappa shape index (κ1) is 17.1. The van der Waals surface area contributed by atoms with E-state index in [0.717, 1.165) is 0 Å². The van der Waals surface area contributed by atoms with Crippen LogP contribution in [0, 0.1) is 0 Å². The molecule has 22 heavy (non-hydrogen) atoms. The van der Waals surface area contributed by atoms with Gasteiger partial charge in [0.1, 0.15) is 24.3 Å². The van der Waals surface area contributed by atoms with Crippen LogP contribution in [-0.2, 0) is 19.1 Å². The maximum Gasteiger partial charge on any atom is 0.328 e. The van der Waals surface area contributed by atoms with Gasteiger partial charge in [0.2, 0.25) is 0 Å². The number of cyclic esters (lactones) is 2. The van der Waals surface area contributed by atoms with Gasteiger partial charge in [0.25, 0.3) is 0 Å². The topological polar surface area (TPSA) is 117 Å². The molecule has 4 unspecified atom stereocenters. The molecule has 2 aliphatic rings. The van der Waals surface area contributed by atoms with Crippen molar-refractivity contribution in [3.8, 4) is 0 Å². The molecular weight excluding hydrogens is 292 g/mol. The highest BCUT2D eigenvalue weighted by Gasteiger charge is 2.64. The molecule has 8 heteroatoms. The molecule has 8 nitrogen and oxygen atoms in total. The molecule has 0 amide bonds. The molecule has 0 aromatic rings. The fraction of sp³-hybridized carbons (Fsp3) is 0.857. The fourth-order valence-corrected chi connectivity index (χ4v) is 2.95. The van der Waals surface area contributed by atoms with Gasteiger partial charge in [-0.25, -0.2) is 9.59 Å². The molecular formula is C14H24N2O6. The van der Waals surface area contributed by atoms with Crippen molar-refractivity contribution in [2.75, 3.05) is 26.4 Å². The average molecular weight is 316 g/mol. The Labute approximate surface area is 129 Å². The minimum absolute atomic E-state index is 0.000316. The molecule has 0 radical (unpaired) electrons. The number of morpholine rings is 2. The summed E-state index contributed by atoms with van der Waals surface area (Å²) >= 11 is 0. The Morgan fingerprint density at radius 2 is 1.18 bits per heavy atom. The highest BCUT2D eigenvalue weighted by Crippen LogP contribution is 2.35. The van der Waals surface area contributed by atoms with Crippen molar-refractivity contribution in [1.82, 2.24) is 10.6 Å². The number of hydrogen-bond acceptors (Lipinski definition) is 8. The lowest BCUT2D eigenvalue weighted by Crippen LogP contribution is -2.84. The van der Waals surface area contributed by atoms with Crippen LogP contribution in [-0.4, -0.2) is 70.7 Å². The number of aliphatic hydroxyl groups excluding tert-OH is 2. The molecule has 4 N–H and O–H groups in total. The van der Waals surface area contributed by atoms with E-state index < -0.39 is 34.1 Å². The van der Waals surface area contributed by atoms with Crippen molar-refractivity contribution < 1.29 is 29.3 Å². The lowest BCUT2D eigenvalue weighted by Gasteiger charge is -2.54. The zero-order valence-electron chi connectivity index (χ0n) is 13.4. The fourth-order valence-electron chi connectivity index (χ4n) is 2.95. The van der Waals surface area contributed by atoms with Gasteiger partial charge in [-0.05, 0) is 27.7 Å². The van der Waals surface area contributed by atoms with Crippen molar-refractivity contribution in [1.29, 1.82) is 0 Å². The van der Waals surface area contributed by atoms with E-state index in [1.54, 1.807) is 13.8 Å². The maximum atomic E-state index is 12.4. The Hall–Kier alpha value is -1.22. The molecule has 2 fully saturated rings. The van der Waals surface area contributed by atoms with Gasteiger partial charge in [-0.1, -0.05) is 0 Å². The highest BCUT2D eigenvalue weighted by molar-refractivity contribution is 5.95. The molecule has 0 aromatic heterocycles. The largest absolute Gasteiger partial charge is 0.462 e. The smallest absolute Gasteiger partial charge is 0.328 e. The van der Waals surface area contributed by atoms with E-state index in [0.29, 0.717) is 0 Å². The molecule has 2 heterocycles. The Kier molecular flexibility index (Phi) is 4.02. The van der Waals surface area contributed by atoms with Crippen LogP contribution >= 0.6 is 0 Å². The van der Waals surface area contributed by atoms with Crippen molar-refractivity contribution >= 4 is 11.9 Å². The van der Waals surface area contributed by atoms with Crippen LogP contribution in [0.2, 0.25) is 0 Å². The van der Waals surface area contributed by atoms with E-state index in [2.05, 4.69) is 10.6 Å². The number of esters is 2. The van der Waals surface area contributed by atoms with Crippen molar-refractivity contribution in [2.24, 2.45) is 0 Å². The first-order chi connectivity index (χ1) is 10.0. The Bertz CT molecular complexity index is 456. The lowest BCUT2D eigenvalue weighted by molar-refractivity contribution is -0.187. The zero-order valence-corrected chi connectivity index (χ0v) is 13.4. The molecule has 2 rings (SSSR count). The zero-order chi connectivity index (χ0) is 16.8. The lowest BCUT2D eigenvalue weighted by atomic mass is 9.73. The molecule has 0 spiro atoms. The Balaban J connectivity index is 2.44. The molecule has 2 saturated heterocycles. The molecule has 4 atom stereocenters. The summed E-state index contributed by atoms with van der Waals surface area (Å²) in [5.41, 5.74) is -4.67. The normalized spacial score (nSPS) is 46.1. The summed E-state index contributed by atoms with van der Waals surface area (Å²) in [7, 11) is 0. The second kappa shape index (κ2) is 5.16. The third kappa shape index (κ3) is 2.40. The summed E-state index contributed by atoms with van der Waals surface area (Å²) in [6.45, 7) is 5.91. The second-order valence-corrected chi connectivity index (χ2v) is 7.09. The minimum atomic E-state index is -1.46. The SMILES string of the molecule is CC1(CO)COC(=O)C(C)(C2(C)NC(C)(CO)COC2=O)N1. The van der Waals surface area contributed by atoms with Crippen molar-refractivity contribution in [2.45, 2.75) is 49.9 Å². The van der Waals surface area contributed by atoms with E-state index in [1.807, 2.05) is 0 Å². The third-order valence-corrected chi connectivity index (χ3v) is 4.66. The van der Waals surface area contributed by atoms with E-state index in [-0.39, 0.29) is 26.4 Å². The first-order valence-corrected chi connectivity index (χ1v) is 7.19. The monoisotopic (exact) mass is 316 g/mol. The number of carbonyl (C=O) groups excluding carboxylic acids is 2. The first-order valence-electron chi connectivity index (χ1n) is 7.19. The maximum absolute atomic E-state index is 12.4. The van der Waals surface area contributed by atoms with Crippen LogP contribution in [0.5, 0.6) is 0 Å². The number of rotatable bonds is 3. The van der Waals surface area contributed by atoms with Crippen LogP contribution in [0.25, 0.3) is 0 Å². The molecule has 126 valence electrons. The van der Waals surface area contributed by atoms with Gasteiger partial charge in [0.05, 0.1) is 24.3 Å². The Morgan fingerprint density at radius 1 is 0.864 bits per heavy atom. The van der Waals surface area contributed by atoms with Gasteiger partial charge in [-0.15, -0.1) is 0 Å².